The molecule has 0 aliphatic carbocycles. The standard InChI is InChI=1S/C15H21N5OS/c1-10-13(22-9-18-10)3-2-5-17-14-7-12(19-15(16)20-14)11-4-6-21-8-11/h7,9,11H,2-6,8H2,1H3,(H3,16,17,19,20)/t11-/m1/s1. The average molecular weight is 319 g/mol. The van der Waals surface area contributed by atoms with E-state index in [1.54, 1.807) is 11.3 Å². The summed E-state index contributed by atoms with van der Waals surface area (Å²) in [6.07, 6.45) is 3.07. The molecule has 1 aliphatic heterocycles. The lowest BCUT2D eigenvalue weighted by atomic mass is 10.0. The molecular formula is C15H21N5OS. The highest BCUT2D eigenvalue weighted by molar-refractivity contribution is 7.09. The van der Waals surface area contributed by atoms with Crippen LogP contribution in [0.3, 0.4) is 0 Å². The van der Waals surface area contributed by atoms with E-state index in [1.165, 1.54) is 4.88 Å². The van der Waals surface area contributed by atoms with Crippen LogP contribution in [0.4, 0.5) is 11.8 Å². The molecule has 1 saturated heterocycles. The molecule has 7 heteroatoms. The molecule has 0 spiro atoms. The summed E-state index contributed by atoms with van der Waals surface area (Å²) in [5, 5.41) is 3.34. The van der Waals surface area contributed by atoms with E-state index in [2.05, 4.69) is 27.2 Å². The van der Waals surface area contributed by atoms with Gasteiger partial charge < -0.3 is 15.8 Å². The third kappa shape index (κ3) is 3.72. The van der Waals surface area contributed by atoms with Gasteiger partial charge in [0.1, 0.15) is 5.82 Å². The number of nitrogens with two attached hydrogens (primary N) is 1. The predicted molar refractivity (Wildman–Crippen MR) is 88.3 cm³/mol. The summed E-state index contributed by atoms with van der Waals surface area (Å²) in [6.45, 7) is 4.43. The van der Waals surface area contributed by atoms with Crippen molar-refractivity contribution in [3.63, 3.8) is 0 Å². The van der Waals surface area contributed by atoms with Gasteiger partial charge in [0, 0.05) is 30.0 Å². The number of aryl methyl sites for hydroxylation is 2. The van der Waals surface area contributed by atoms with Crippen LogP contribution in [0.25, 0.3) is 0 Å². The van der Waals surface area contributed by atoms with Crippen molar-refractivity contribution in [1.82, 2.24) is 15.0 Å². The lowest BCUT2D eigenvalue weighted by molar-refractivity contribution is 0.193. The Morgan fingerprint density at radius 3 is 3.09 bits per heavy atom. The molecule has 1 fully saturated rings. The van der Waals surface area contributed by atoms with Crippen LogP contribution in [0.1, 0.15) is 35.0 Å². The van der Waals surface area contributed by atoms with Crippen molar-refractivity contribution in [3.05, 3.63) is 27.8 Å². The fourth-order valence-corrected chi connectivity index (χ4v) is 3.41. The molecule has 0 amide bonds. The maximum atomic E-state index is 5.82. The van der Waals surface area contributed by atoms with E-state index in [-0.39, 0.29) is 0 Å². The van der Waals surface area contributed by atoms with Gasteiger partial charge in [-0.05, 0) is 26.2 Å². The van der Waals surface area contributed by atoms with E-state index in [4.69, 9.17) is 10.5 Å². The van der Waals surface area contributed by atoms with E-state index in [0.29, 0.717) is 11.9 Å². The zero-order valence-corrected chi connectivity index (χ0v) is 13.5. The van der Waals surface area contributed by atoms with Crippen LogP contribution >= 0.6 is 11.3 Å². The molecule has 0 unspecified atom stereocenters. The van der Waals surface area contributed by atoms with Gasteiger partial charge in [0.2, 0.25) is 5.95 Å². The third-order valence-corrected chi connectivity index (χ3v) is 4.84. The number of rotatable bonds is 6. The molecular weight excluding hydrogens is 298 g/mol. The normalized spacial score (nSPS) is 17.8. The Balaban J connectivity index is 1.54. The van der Waals surface area contributed by atoms with Crippen LogP contribution in [-0.4, -0.2) is 34.7 Å². The molecule has 118 valence electrons. The van der Waals surface area contributed by atoms with Crippen LogP contribution < -0.4 is 11.1 Å². The minimum atomic E-state index is 0.324. The highest BCUT2D eigenvalue weighted by Gasteiger charge is 2.20. The van der Waals surface area contributed by atoms with E-state index >= 15 is 0 Å². The topological polar surface area (TPSA) is 86.0 Å². The van der Waals surface area contributed by atoms with Crippen molar-refractivity contribution in [2.24, 2.45) is 0 Å². The number of nitrogens with zero attached hydrogens (tertiary/aromatic N) is 3. The minimum Gasteiger partial charge on any atom is -0.381 e. The summed E-state index contributed by atoms with van der Waals surface area (Å²) >= 11 is 1.72. The van der Waals surface area contributed by atoms with Crippen molar-refractivity contribution in [2.75, 3.05) is 30.8 Å². The van der Waals surface area contributed by atoms with Gasteiger partial charge in [0.15, 0.2) is 0 Å². The van der Waals surface area contributed by atoms with Gasteiger partial charge in [-0.15, -0.1) is 11.3 Å². The van der Waals surface area contributed by atoms with Gasteiger partial charge in [0.25, 0.3) is 0 Å². The molecule has 0 radical (unpaired) electrons. The van der Waals surface area contributed by atoms with E-state index < -0.39 is 0 Å². The molecule has 22 heavy (non-hydrogen) atoms. The van der Waals surface area contributed by atoms with Crippen LogP contribution in [0.5, 0.6) is 0 Å². The average Bonchev–Trinajstić information content (AvgIpc) is 3.15. The fourth-order valence-electron chi connectivity index (χ4n) is 2.58. The number of thiazole rings is 1. The number of nitrogens with one attached hydrogen (secondary N) is 1. The summed E-state index contributed by atoms with van der Waals surface area (Å²) in [6, 6.07) is 1.99. The Bertz CT molecular complexity index is 624. The Kier molecular flexibility index (Phi) is 4.84. The Hall–Kier alpha value is -1.73. The second-order valence-electron chi connectivity index (χ2n) is 5.49. The molecule has 0 bridgehead atoms. The zero-order chi connectivity index (χ0) is 15.4. The first-order valence-corrected chi connectivity index (χ1v) is 8.45. The Morgan fingerprint density at radius 1 is 1.45 bits per heavy atom. The summed E-state index contributed by atoms with van der Waals surface area (Å²) in [4.78, 5) is 14.2. The zero-order valence-electron chi connectivity index (χ0n) is 12.7. The summed E-state index contributed by atoms with van der Waals surface area (Å²) < 4.78 is 5.42. The maximum Gasteiger partial charge on any atom is 0.222 e. The second kappa shape index (κ2) is 7.02. The van der Waals surface area contributed by atoms with Gasteiger partial charge >= 0.3 is 0 Å². The number of nitrogen functional groups attached to an aromatic ring is 1. The van der Waals surface area contributed by atoms with Crippen molar-refractivity contribution >= 4 is 23.1 Å². The van der Waals surface area contributed by atoms with Crippen LogP contribution in [-0.2, 0) is 11.2 Å². The van der Waals surface area contributed by atoms with Gasteiger partial charge in [-0.1, -0.05) is 0 Å². The maximum absolute atomic E-state index is 5.82. The lowest BCUT2D eigenvalue weighted by Crippen LogP contribution is -2.10. The van der Waals surface area contributed by atoms with Crippen LogP contribution in [0.15, 0.2) is 11.6 Å². The number of aromatic nitrogens is 3. The molecule has 2 aromatic heterocycles. The van der Waals surface area contributed by atoms with Gasteiger partial charge in [-0.25, -0.2) is 9.97 Å². The number of hydrogen-bond acceptors (Lipinski definition) is 7. The number of hydrogen-bond donors (Lipinski definition) is 2. The largest absolute Gasteiger partial charge is 0.381 e. The van der Waals surface area contributed by atoms with E-state index in [0.717, 1.165) is 56.2 Å². The monoisotopic (exact) mass is 319 g/mol. The Morgan fingerprint density at radius 2 is 2.36 bits per heavy atom. The molecule has 1 aliphatic rings. The third-order valence-electron chi connectivity index (χ3n) is 3.84. The Labute approximate surface area is 134 Å². The summed E-state index contributed by atoms with van der Waals surface area (Å²) in [7, 11) is 0. The first kappa shape index (κ1) is 15.2. The summed E-state index contributed by atoms with van der Waals surface area (Å²) in [5.74, 6) is 1.46. The molecule has 1 atom stereocenters. The molecule has 3 heterocycles. The van der Waals surface area contributed by atoms with Crippen molar-refractivity contribution in [1.29, 1.82) is 0 Å². The number of anilines is 2. The highest BCUT2D eigenvalue weighted by Crippen LogP contribution is 2.25. The molecule has 2 aromatic rings. The molecule has 0 saturated carbocycles. The van der Waals surface area contributed by atoms with E-state index in [9.17, 15) is 0 Å². The van der Waals surface area contributed by atoms with Gasteiger partial charge in [0.05, 0.1) is 23.5 Å². The molecule has 3 rings (SSSR count). The second-order valence-corrected chi connectivity index (χ2v) is 6.43. The van der Waals surface area contributed by atoms with Gasteiger partial charge in [-0.3, -0.25) is 0 Å². The lowest BCUT2D eigenvalue weighted by Gasteiger charge is -2.11. The van der Waals surface area contributed by atoms with Crippen molar-refractivity contribution < 1.29 is 4.74 Å². The van der Waals surface area contributed by atoms with E-state index in [1.807, 2.05) is 11.6 Å². The molecule has 6 nitrogen and oxygen atoms in total. The number of ether oxygens (including phenoxy) is 1. The van der Waals surface area contributed by atoms with Crippen LogP contribution in [0.2, 0.25) is 0 Å². The summed E-state index contributed by atoms with van der Waals surface area (Å²) in [5.41, 5.74) is 9.84. The first-order valence-electron chi connectivity index (χ1n) is 7.57. The quantitative estimate of drug-likeness (QED) is 0.795. The molecule has 3 N–H and O–H groups in total. The van der Waals surface area contributed by atoms with Gasteiger partial charge in [-0.2, -0.15) is 4.98 Å². The predicted octanol–water partition coefficient (Wildman–Crippen LogP) is 2.37. The smallest absolute Gasteiger partial charge is 0.222 e. The van der Waals surface area contributed by atoms with Crippen molar-refractivity contribution in [2.45, 2.75) is 32.1 Å². The highest BCUT2D eigenvalue weighted by atomic mass is 32.1. The SMILES string of the molecule is Cc1ncsc1CCCNc1cc([C@@H]2CCOC2)nc(N)n1. The minimum absolute atomic E-state index is 0.324. The fraction of sp³-hybridized carbons (Fsp3) is 0.533. The van der Waals surface area contributed by atoms with Crippen molar-refractivity contribution in [3.8, 4) is 0 Å². The van der Waals surface area contributed by atoms with Crippen LogP contribution in [0, 0.1) is 6.92 Å². The first-order chi connectivity index (χ1) is 10.7. The molecule has 0 aromatic carbocycles.